The lowest BCUT2D eigenvalue weighted by atomic mass is 9.67. The van der Waals surface area contributed by atoms with E-state index in [1.807, 2.05) is 0 Å². The Morgan fingerprint density at radius 3 is 1.64 bits per heavy atom. The third-order valence-electron chi connectivity index (χ3n) is 11.9. The third-order valence-corrected chi connectivity index (χ3v) is 11.9. The van der Waals surface area contributed by atoms with Crippen molar-refractivity contribution >= 4 is 49.4 Å². The molecular weight excluding hydrogens is 675 g/mol. The van der Waals surface area contributed by atoms with Crippen molar-refractivity contribution in [3.63, 3.8) is 0 Å². The highest BCUT2D eigenvalue weighted by Crippen LogP contribution is 2.57. The first-order valence-corrected chi connectivity index (χ1v) is 19.4. The normalized spacial score (nSPS) is 12.8. The van der Waals surface area contributed by atoms with E-state index in [9.17, 15) is 0 Å². The minimum absolute atomic E-state index is 0.510. The minimum Gasteiger partial charge on any atom is -0.310 e. The average molecular weight is 712 g/mol. The van der Waals surface area contributed by atoms with Crippen LogP contribution in [0.3, 0.4) is 0 Å². The summed E-state index contributed by atoms with van der Waals surface area (Å²) in [6, 6.07) is 82.7. The smallest absolute Gasteiger partial charge is 0.0714 e. The van der Waals surface area contributed by atoms with Crippen LogP contribution in [0.1, 0.15) is 22.3 Å². The van der Waals surface area contributed by atoms with Crippen molar-refractivity contribution in [3.05, 3.63) is 247 Å². The van der Waals surface area contributed by atoms with Crippen LogP contribution in [0.4, 0.5) is 17.1 Å². The van der Waals surface area contributed by atoms with Crippen molar-refractivity contribution < 1.29 is 0 Å². The quantitative estimate of drug-likeness (QED) is 0.155. The highest BCUT2D eigenvalue weighted by atomic mass is 15.1. The number of hydrogen-bond donors (Lipinski definition) is 0. The molecule has 56 heavy (non-hydrogen) atoms. The van der Waals surface area contributed by atoms with E-state index in [2.05, 4.69) is 229 Å². The molecule has 1 aliphatic rings. The molecule has 0 N–H and O–H groups in total. The van der Waals surface area contributed by atoms with Crippen LogP contribution in [-0.2, 0) is 5.41 Å². The van der Waals surface area contributed by atoms with Crippen molar-refractivity contribution in [2.24, 2.45) is 0 Å². The molecule has 1 nitrogen and oxygen atoms in total. The van der Waals surface area contributed by atoms with Crippen LogP contribution in [0.25, 0.3) is 54.6 Å². The summed E-state index contributed by atoms with van der Waals surface area (Å²) in [5, 5.41) is 7.46. The fourth-order valence-electron chi connectivity index (χ4n) is 9.48. The third kappa shape index (κ3) is 4.88. The summed E-state index contributed by atoms with van der Waals surface area (Å²) >= 11 is 0. The van der Waals surface area contributed by atoms with Gasteiger partial charge in [-0.3, -0.25) is 0 Å². The monoisotopic (exact) mass is 711 g/mol. The molecule has 0 atom stereocenters. The van der Waals surface area contributed by atoms with Crippen LogP contribution in [0.15, 0.2) is 224 Å². The van der Waals surface area contributed by atoms with E-state index >= 15 is 0 Å². The van der Waals surface area contributed by atoms with Gasteiger partial charge in [0.05, 0.1) is 11.1 Å². The van der Waals surface area contributed by atoms with Gasteiger partial charge in [0.25, 0.3) is 0 Å². The average Bonchev–Trinajstić information content (AvgIpc) is 3.58. The van der Waals surface area contributed by atoms with E-state index in [0.717, 1.165) is 17.1 Å². The molecule has 262 valence electrons. The second-order valence-electron chi connectivity index (χ2n) is 14.8. The summed E-state index contributed by atoms with van der Waals surface area (Å²) in [6.07, 6.45) is 0. The molecule has 1 heteroatoms. The van der Waals surface area contributed by atoms with Crippen molar-refractivity contribution in [3.8, 4) is 22.3 Å². The number of rotatable bonds is 6. The summed E-state index contributed by atoms with van der Waals surface area (Å²) in [6.45, 7) is 0. The molecule has 0 heterocycles. The molecule has 0 amide bonds. The van der Waals surface area contributed by atoms with Crippen molar-refractivity contribution in [2.75, 3.05) is 4.90 Å². The summed E-state index contributed by atoms with van der Waals surface area (Å²) in [7, 11) is 0. The van der Waals surface area contributed by atoms with E-state index in [-0.39, 0.29) is 0 Å². The van der Waals surface area contributed by atoms with E-state index in [4.69, 9.17) is 0 Å². The first-order chi connectivity index (χ1) is 27.8. The van der Waals surface area contributed by atoms with Gasteiger partial charge in [0.1, 0.15) is 0 Å². The maximum absolute atomic E-state index is 2.50. The Bertz CT molecular complexity index is 3030. The Balaban J connectivity index is 1.25. The van der Waals surface area contributed by atoms with E-state index in [0.29, 0.717) is 0 Å². The van der Waals surface area contributed by atoms with E-state index < -0.39 is 5.41 Å². The largest absolute Gasteiger partial charge is 0.310 e. The molecular formula is C55H37N. The molecule has 0 saturated heterocycles. The van der Waals surface area contributed by atoms with Gasteiger partial charge < -0.3 is 4.90 Å². The van der Waals surface area contributed by atoms with Gasteiger partial charge in [-0.05, 0) is 102 Å². The first kappa shape index (κ1) is 32.2. The predicted octanol–water partition coefficient (Wildman–Crippen LogP) is 14.6. The lowest BCUT2D eigenvalue weighted by Gasteiger charge is -2.35. The summed E-state index contributed by atoms with van der Waals surface area (Å²) in [5.41, 5.74) is 12.9. The maximum atomic E-state index is 2.50. The summed E-state index contributed by atoms with van der Waals surface area (Å²) < 4.78 is 0. The number of anilines is 3. The van der Waals surface area contributed by atoms with Gasteiger partial charge in [0.15, 0.2) is 0 Å². The molecule has 10 aromatic rings. The Hall–Kier alpha value is -7.22. The fraction of sp³-hybridized carbons (Fsp3) is 0.0182. The van der Waals surface area contributed by atoms with Gasteiger partial charge in [-0.2, -0.15) is 0 Å². The van der Waals surface area contributed by atoms with E-state index in [1.54, 1.807) is 0 Å². The van der Waals surface area contributed by atoms with E-state index in [1.165, 1.54) is 76.8 Å². The molecule has 10 aromatic carbocycles. The maximum Gasteiger partial charge on any atom is 0.0714 e. The Morgan fingerprint density at radius 1 is 0.304 bits per heavy atom. The zero-order valence-corrected chi connectivity index (χ0v) is 30.8. The molecule has 0 saturated carbocycles. The van der Waals surface area contributed by atoms with Crippen LogP contribution in [0, 0.1) is 0 Å². The van der Waals surface area contributed by atoms with Gasteiger partial charge in [-0.15, -0.1) is 0 Å². The molecule has 0 unspecified atom stereocenters. The zero-order chi connectivity index (χ0) is 37.1. The van der Waals surface area contributed by atoms with Crippen LogP contribution in [0.2, 0.25) is 0 Å². The highest BCUT2D eigenvalue weighted by molar-refractivity contribution is 6.21. The van der Waals surface area contributed by atoms with Gasteiger partial charge >= 0.3 is 0 Å². The predicted molar refractivity (Wildman–Crippen MR) is 236 cm³/mol. The number of fused-ring (bicyclic) bond motifs is 8. The molecule has 1 aliphatic carbocycles. The minimum atomic E-state index is -0.510. The molecule has 11 rings (SSSR count). The molecule has 0 radical (unpaired) electrons. The van der Waals surface area contributed by atoms with Crippen molar-refractivity contribution in [1.29, 1.82) is 0 Å². The number of benzene rings is 10. The molecule has 0 aliphatic heterocycles. The standard InChI is InChI=1S/C55H37N/c1-4-17-38(18-5-1)40-20-16-25-43(35-40)56(54-37-51-45-26-11-10-19-39(45)31-33-47(51)46-27-12-13-29-50(46)54)44-32-34-49-48-28-14-15-30-52(48)55(53(49)36-44,41-21-6-2-7-22-41)42-23-8-3-9-24-42/h1-37H. The van der Waals surface area contributed by atoms with Gasteiger partial charge in [-0.25, -0.2) is 0 Å². The zero-order valence-electron chi connectivity index (χ0n) is 30.8. The Kier molecular flexibility index (Phi) is 7.47. The second kappa shape index (κ2) is 13.0. The van der Waals surface area contributed by atoms with Gasteiger partial charge in [-0.1, -0.05) is 194 Å². The Morgan fingerprint density at radius 2 is 0.875 bits per heavy atom. The van der Waals surface area contributed by atoms with Crippen LogP contribution >= 0.6 is 0 Å². The van der Waals surface area contributed by atoms with Gasteiger partial charge in [0, 0.05) is 16.8 Å². The number of nitrogens with zero attached hydrogens (tertiary/aromatic N) is 1. The lowest BCUT2D eigenvalue weighted by molar-refractivity contribution is 0.768. The molecule has 0 bridgehead atoms. The first-order valence-electron chi connectivity index (χ1n) is 19.4. The lowest BCUT2D eigenvalue weighted by Crippen LogP contribution is -2.28. The summed E-state index contributed by atoms with van der Waals surface area (Å²) in [5.74, 6) is 0. The van der Waals surface area contributed by atoms with Gasteiger partial charge in [0.2, 0.25) is 0 Å². The SMILES string of the molecule is c1ccc(-c2cccc(N(c3ccc4c(c3)C(c3ccccc3)(c3ccccc3)c3ccccc3-4)c3cc4c5ccccc5ccc4c4ccccc34)c2)cc1. The molecule has 0 aromatic heterocycles. The number of hydrogen-bond acceptors (Lipinski definition) is 1. The molecule has 0 fully saturated rings. The highest BCUT2D eigenvalue weighted by Gasteiger charge is 2.46. The van der Waals surface area contributed by atoms with Crippen LogP contribution in [-0.4, -0.2) is 0 Å². The Labute approximate surface area is 327 Å². The topological polar surface area (TPSA) is 3.24 Å². The van der Waals surface area contributed by atoms with Crippen molar-refractivity contribution in [2.45, 2.75) is 5.41 Å². The summed E-state index contributed by atoms with van der Waals surface area (Å²) in [4.78, 5) is 2.50. The van der Waals surface area contributed by atoms with Crippen LogP contribution in [0.5, 0.6) is 0 Å². The van der Waals surface area contributed by atoms with Crippen LogP contribution < -0.4 is 4.90 Å². The second-order valence-corrected chi connectivity index (χ2v) is 14.8. The molecule has 0 spiro atoms. The van der Waals surface area contributed by atoms with Crippen molar-refractivity contribution in [1.82, 2.24) is 0 Å². The fourth-order valence-corrected chi connectivity index (χ4v) is 9.48.